The first-order valence-electron chi connectivity index (χ1n) is 34.5. The molecule has 4 rings (SSSR count). The van der Waals surface area contributed by atoms with E-state index in [4.69, 9.17) is 9.47 Å². The minimum atomic E-state index is -0.689. The number of carbonyl (C=O) groups excluding carboxylic acids is 6. The molecule has 2 atom stereocenters. The third-order valence-corrected chi connectivity index (χ3v) is 16.8. The SMILES string of the molecule is CCCCCCCCCC(CCCCCCCCOC(=O)c1ccccc1N/N=C(/C(C)=O)C(=O)Nc1ccc(CCC)cc1)C(CCCCCCCCC)CCCCCCCCOC(=O)c1ccccc1N/N=C(/C(C)=O)C(=O)Nc1ccc(CCO)cc1. The van der Waals surface area contributed by atoms with Crippen LogP contribution in [0.5, 0.6) is 0 Å². The van der Waals surface area contributed by atoms with Gasteiger partial charge in [-0.3, -0.25) is 30.0 Å². The molecule has 0 fully saturated rings. The Morgan fingerprint density at radius 3 is 1.06 bits per heavy atom. The number of aliphatic hydroxyl groups is 1. The topological polar surface area (TPSA) is 214 Å². The highest BCUT2D eigenvalue weighted by Crippen LogP contribution is 2.34. The summed E-state index contributed by atoms with van der Waals surface area (Å²) in [4.78, 5) is 77.7. The van der Waals surface area contributed by atoms with Crippen LogP contribution in [0.3, 0.4) is 0 Å². The summed E-state index contributed by atoms with van der Waals surface area (Å²) in [7, 11) is 0. The molecule has 494 valence electrons. The number of anilines is 4. The molecule has 0 radical (unpaired) electrons. The summed E-state index contributed by atoms with van der Waals surface area (Å²) < 4.78 is 11.4. The number of para-hydroxylation sites is 2. The third-order valence-electron chi connectivity index (χ3n) is 16.8. The smallest absolute Gasteiger partial charge is 0.340 e. The van der Waals surface area contributed by atoms with Gasteiger partial charge in [-0.15, -0.1) is 0 Å². The van der Waals surface area contributed by atoms with Crippen molar-refractivity contribution in [1.29, 1.82) is 0 Å². The van der Waals surface area contributed by atoms with Crippen LogP contribution in [0.4, 0.5) is 22.7 Å². The quantitative estimate of drug-likeness (QED) is 0.00922. The molecule has 0 aromatic heterocycles. The molecule has 4 aromatic carbocycles. The summed E-state index contributed by atoms with van der Waals surface area (Å²) >= 11 is 0. The van der Waals surface area contributed by atoms with Gasteiger partial charge in [-0.25, -0.2) is 9.59 Å². The summed E-state index contributed by atoms with van der Waals surface area (Å²) in [6, 6.07) is 28.0. The number of benzene rings is 4. The summed E-state index contributed by atoms with van der Waals surface area (Å²) in [5.74, 6) is -1.86. The van der Waals surface area contributed by atoms with Crippen molar-refractivity contribution in [2.24, 2.45) is 22.0 Å². The van der Waals surface area contributed by atoms with Crippen molar-refractivity contribution in [3.8, 4) is 0 Å². The Kier molecular flexibility index (Phi) is 39.4. The van der Waals surface area contributed by atoms with Gasteiger partial charge in [0.2, 0.25) is 0 Å². The van der Waals surface area contributed by atoms with Crippen LogP contribution in [0, 0.1) is 11.8 Å². The Bertz CT molecular complexity index is 2570. The first-order chi connectivity index (χ1) is 43.9. The van der Waals surface area contributed by atoms with Crippen LogP contribution in [0.2, 0.25) is 0 Å². The second-order valence-corrected chi connectivity index (χ2v) is 24.3. The number of ether oxygens (including phenoxy) is 2. The number of esters is 2. The Morgan fingerprint density at radius 2 is 0.722 bits per heavy atom. The highest BCUT2D eigenvalue weighted by atomic mass is 16.5. The number of hydrazone groups is 2. The van der Waals surface area contributed by atoms with E-state index >= 15 is 0 Å². The molecule has 0 spiro atoms. The van der Waals surface area contributed by atoms with Crippen molar-refractivity contribution < 1.29 is 43.3 Å². The Morgan fingerprint density at radius 1 is 0.400 bits per heavy atom. The lowest BCUT2D eigenvalue weighted by atomic mass is 9.78. The number of amides is 2. The molecule has 2 amide bonds. The lowest BCUT2D eigenvalue weighted by Crippen LogP contribution is -2.29. The predicted octanol–water partition coefficient (Wildman–Crippen LogP) is 18.2. The lowest BCUT2D eigenvalue weighted by Gasteiger charge is -2.28. The lowest BCUT2D eigenvalue weighted by molar-refractivity contribution is -0.116. The van der Waals surface area contributed by atoms with Crippen molar-refractivity contribution in [3.63, 3.8) is 0 Å². The first-order valence-corrected chi connectivity index (χ1v) is 34.5. The molecule has 15 nitrogen and oxygen atoms in total. The van der Waals surface area contributed by atoms with Crippen LogP contribution >= 0.6 is 0 Å². The summed E-state index contributed by atoms with van der Waals surface area (Å²) in [5.41, 5.74) is 9.19. The average Bonchev–Trinajstić information content (AvgIpc) is 2.21. The van der Waals surface area contributed by atoms with E-state index in [9.17, 15) is 33.9 Å². The second-order valence-electron chi connectivity index (χ2n) is 24.3. The maximum absolute atomic E-state index is 13.3. The number of unbranched alkanes of at least 4 members (excludes halogenated alkanes) is 22. The average molecular weight is 1240 g/mol. The predicted molar refractivity (Wildman–Crippen MR) is 369 cm³/mol. The molecule has 0 aliphatic rings. The zero-order chi connectivity index (χ0) is 64.8. The Balaban J connectivity index is 1.22. The number of Topliss-reactive ketones (excluding diaryl/α,β-unsaturated/α-hetero) is 2. The molecule has 4 aromatic rings. The number of aryl methyl sites for hydroxylation is 1. The summed E-state index contributed by atoms with van der Waals surface area (Å²) in [5, 5.41) is 22.9. The molecule has 2 unspecified atom stereocenters. The van der Waals surface area contributed by atoms with E-state index in [1.54, 1.807) is 84.9 Å². The monoisotopic (exact) mass is 1240 g/mol. The van der Waals surface area contributed by atoms with Crippen LogP contribution < -0.4 is 21.5 Å². The van der Waals surface area contributed by atoms with Crippen molar-refractivity contribution in [2.45, 2.75) is 247 Å². The normalized spacial score (nSPS) is 12.2. The molecular weight excluding hydrogens is 1130 g/mol. The van der Waals surface area contributed by atoms with Gasteiger partial charge in [0, 0.05) is 31.8 Å². The van der Waals surface area contributed by atoms with Crippen LogP contribution in [0.15, 0.2) is 107 Å². The molecule has 0 saturated heterocycles. The zero-order valence-electron chi connectivity index (χ0n) is 55.5. The van der Waals surface area contributed by atoms with Gasteiger partial charge < -0.3 is 25.2 Å². The van der Waals surface area contributed by atoms with Crippen molar-refractivity contribution >= 4 is 69.5 Å². The molecule has 0 aliphatic carbocycles. The largest absolute Gasteiger partial charge is 0.462 e. The van der Waals surface area contributed by atoms with Gasteiger partial charge in [-0.2, -0.15) is 10.2 Å². The van der Waals surface area contributed by atoms with Gasteiger partial charge in [0.15, 0.2) is 23.0 Å². The van der Waals surface area contributed by atoms with Gasteiger partial charge >= 0.3 is 11.9 Å². The van der Waals surface area contributed by atoms with Crippen molar-refractivity contribution in [1.82, 2.24) is 0 Å². The molecule has 90 heavy (non-hydrogen) atoms. The van der Waals surface area contributed by atoms with E-state index in [1.807, 2.05) is 12.1 Å². The molecular formula is C75H110N6O9. The molecule has 5 N–H and O–H groups in total. The van der Waals surface area contributed by atoms with Crippen molar-refractivity contribution in [2.75, 3.05) is 41.3 Å². The highest BCUT2D eigenvalue weighted by molar-refractivity contribution is 6.67. The van der Waals surface area contributed by atoms with E-state index < -0.39 is 35.3 Å². The van der Waals surface area contributed by atoms with Gasteiger partial charge in [0.05, 0.1) is 35.7 Å². The van der Waals surface area contributed by atoms with Gasteiger partial charge in [0.25, 0.3) is 11.8 Å². The van der Waals surface area contributed by atoms with Gasteiger partial charge in [0.1, 0.15) is 0 Å². The fourth-order valence-electron chi connectivity index (χ4n) is 11.5. The number of carbonyl (C=O) groups is 6. The number of rotatable bonds is 51. The number of aliphatic hydroxyl groups excluding tert-OH is 1. The standard InChI is InChI=1S/C75H110N6O9/c1-6-9-11-13-15-21-27-38-62(40-29-23-17-19-25-35-56-89-74(87)66-42-31-33-44-68(66)78-80-70(58(4)83)72(85)76-64-50-46-60(37-8-3)47-51-64)63(39-28-22-16-14-12-10-7-2)41-30-24-18-20-26-36-57-90-75(88)67-43-32-34-45-69(67)79-81-71(59(5)84)73(86)77-65-52-48-61(49-53-65)54-55-82/h31-34,42-53,62-63,78-79,82H,6-30,35-41,54-57H2,1-5H3,(H,76,85)(H,77,86)/b80-70-,81-71-. The van der Waals surface area contributed by atoms with E-state index in [1.165, 1.54) is 155 Å². The van der Waals surface area contributed by atoms with Crippen LogP contribution in [-0.2, 0) is 41.5 Å². The Labute approximate surface area is 539 Å². The van der Waals surface area contributed by atoms with E-state index in [0.29, 0.717) is 42.4 Å². The van der Waals surface area contributed by atoms with Gasteiger partial charge in [-0.1, -0.05) is 256 Å². The van der Waals surface area contributed by atoms with Crippen LogP contribution in [-0.4, -0.2) is 71.7 Å². The van der Waals surface area contributed by atoms with Crippen molar-refractivity contribution in [3.05, 3.63) is 119 Å². The highest BCUT2D eigenvalue weighted by Gasteiger charge is 2.23. The van der Waals surface area contributed by atoms with E-state index in [-0.39, 0.29) is 29.2 Å². The van der Waals surface area contributed by atoms with Crippen LogP contribution in [0.1, 0.15) is 266 Å². The van der Waals surface area contributed by atoms with Gasteiger partial charge in [-0.05, 0) is 97.2 Å². The molecule has 15 heteroatoms. The summed E-state index contributed by atoms with van der Waals surface area (Å²) in [6.07, 6.45) is 39.2. The summed E-state index contributed by atoms with van der Waals surface area (Å²) in [6.45, 7) is 9.83. The number of nitrogens with one attached hydrogen (secondary N) is 4. The minimum absolute atomic E-state index is 0.0167. The fraction of sp³-hybridized carbons (Fsp3) is 0.573. The Hall–Kier alpha value is -7.00. The number of nitrogens with zero attached hydrogens (tertiary/aromatic N) is 2. The molecule has 0 heterocycles. The molecule has 0 saturated carbocycles. The molecule has 0 bridgehead atoms. The third kappa shape index (κ3) is 31.2. The van der Waals surface area contributed by atoms with E-state index in [0.717, 1.165) is 87.2 Å². The molecule has 0 aliphatic heterocycles. The number of ketones is 2. The maximum Gasteiger partial charge on any atom is 0.340 e. The number of hydrogen-bond donors (Lipinski definition) is 5. The zero-order valence-corrected chi connectivity index (χ0v) is 55.5. The maximum atomic E-state index is 13.3. The number of hydrogen-bond acceptors (Lipinski definition) is 13. The fourth-order valence-corrected chi connectivity index (χ4v) is 11.5. The second kappa shape index (κ2) is 47.0. The minimum Gasteiger partial charge on any atom is -0.462 e. The van der Waals surface area contributed by atoms with E-state index in [2.05, 4.69) is 52.5 Å². The first kappa shape index (κ1) is 75.5. The van der Waals surface area contributed by atoms with Crippen LogP contribution in [0.25, 0.3) is 0 Å².